The van der Waals surface area contributed by atoms with E-state index in [0.717, 1.165) is 22.5 Å². The molecule has 0 amide bonds. The number of nitrogens with zero attached hydrogens (tertiary/aromatic N) is 5. The Hall–Kier alpha value is -2.95. The monoisotopic (exact) mass is 408 g/mol. The fourth-order valence-electron chi connectivity index (χ4n) is 3.12. The summed E-state index contributed by atoms with van der Waals surface area (Å²) in [7, 11) is 0. The first-order valence-electron chi connectivity index (χ1n) is 8.41. The van der Waals surface area contributed by atoms with Gasteiger partial charge in [-0.05, 0) is 26.0 Å². The lowest BCUT2D eigenvalue weighted by Gasteiger charge is -2.29. The smallest absolute Gasteiger partial charge is 0.320 e. The minimum absolute atomic E-state index is 0.0829. The number of thiophene rings is 1. The number of aryl methyl sites for hydroxylation is 2. The van der Waals surface area contributed by atoms with Crippen LogP contribution in [0.5, 0.6) is 0 Å². The third kappa shape index (κ3) is 3.01. The zero-order valence-corrected chi connectivity index (χ0v) is 15.7. The number of hydrogen-bond acceptors (Lipinski definition) is 6. The highest BCUT2D eigenvalue weighted by atomic mass is 32.1. The quantitative estimate of drug-likeness (QED) is 0.668. The molecule has 1 atom stereocenters. The van der Waals surface area contributed by atoms with Crippen LogP contribution in [0.15, 0.2) is 42.1 Å². The van der Waals surface area contributed by atoms with Crippen molar-refractivity contribution in [3.05, 3.63) is 57.4 Å². The van der Waals surface area contributed by atoms with Crippen molar-refractivity contribution in [1.82, 2.24) is 24.5 Å². The molecule has 3 aromatic rings. The fourth-order valence-corrected chi connectivity index (χ4v) is 3.94. The second-order valence-corrected chi connectivity index (χ2v) is 7.50. The van der Waals surface area contributed by atoms with Crippen molar-refractivity contribution in [1.29, 1.82) is 0 Å². The van der Waals surface area contributed by atoms with Crippen LogP contribution < -0.4 is 5.32 Å². The van der Waals surface area contributed by atoms with Gasteiger partial charge in [0.15, 0.2) is 0 Å². The Labute approximate surface area is 161 Å². The van der Waals surface area contributed by atoms with E-state index in [1.807, 2.05) is 6.92 Å². The van der Waals surface area contributed by atoms with Gasteiger partial charge in [-0.15, -0.1) is 11.3 Å². The third-order valence-corrected chi connectivity index (χ3v) is 5.38. The molecule has 7 nitrogen and oxygen atoms in total. The molecule has 3 aromatic heterocycles. The number of halogens is 3. The number of Topliss-reactive ketones (excluding diaryl/α,β-unsaturated/α-hetero) is 1. The van der Waals surface area contributed by atoms with Gasteiger partial charge in [0, 0.05) is 23.2 Å². The van der Waals surface area contributed by atoms with Gasteiger partial charge in [0.05, 0.1) is 16.6 Å². The maximum Gasteiger partial charge on any atom is 0.431 e. The van der Waals surface area contributed by atoms with Gasteiger partial charge in [0.25, 0.3) is 0 Å². The van der Waals surface area contributed by atoms with E-state index in [4.69, 9.17) is 0 Å². The molecule has 11 heteroatoms. The van der Waals surface area contributed by atoms with E-state index in [-0.39, 0.29) is 10.8 Å². The van der Waals surface area contributed by atoms with Crippen LogP contribution in [0, 0.1) is 6.92 Å². The van der Waals surface area contributed by atoms with Crippen LogP contribution in [-0.4, -0.2) is 36.5 Å². The average molecular weight is 408 g/mol. The second-order valence-electron chi connectivity index (χ2n) is 6.21. The average Bonchev–Trinajstić information content (AvgIpc) is 3.38. The Balaban J connectivity index is 1.95. The molecule has 1 aliphatic heterocycles. The van der Waals surface area contributed by atoms with Crippen LogP contribution in [-0.2, 0) is 6.54 Å². The number of nitrogens with one attached hydrogen (secondary N) is 1. The van der Waals surface area contributed by atoms with E-state index >= 15 is 0 Å². The van der Waals surface area contributed by atoms with Crippen molar-refractivity contribution < 1.29 is 18.0 Å². The van der Waals surface area contributed by atoms with Gasteiger partial charge in [0.2, 0.25) is 11.7 Å². The van der Waals surface area contributed by atoms with Gasteiger partial charge in [-0.25, -0.2) is 4.68 Å². The van der Waals surface area contributed by atoms with Crippen LogP contribution in [0.25, 0.3) is 0 Å². The van der Waals surface area contributed by atoms with E-state index in [1.54, 1.807) is 23.9 Å². The zero-order chi connectivity index (χ0) is 20.1. The molecule has 0 saturated heterocycles. The Morgan fingerprint density at radius 1 is 1.32 bits per heavy atom. The Morgan fingerprint density at radius 2 is 2.11 bits per heavy atom. The summed E-state index contributed by atoms with van der Waals surface area (Å²) >= 11 is 1.15. The van der Waals surface area contributed by atoms with Crippen molar-refractivity contribution in [2.75, 3.05) is 5.32 Å². The molecule has 0 saturated carbocycles. The molecule has 0 aliphatic carbocycles. The number of carbonyl (C=O) groups is 1. The lowest BCUT2D eigenvalue weighted by Crippen LogP contribution is -2.34. The van der Waals surface area contributed by atoms with Crippen molar-refractivity contribution in [3.8, 4) is 0 Å². The molecule has 0 spiro atoms. The maximum atomic E-state index is 13.9. The molecule has 0 radical (unpaired) electrons. The minimum atomic E-state index is -4.77. The highest BCUT2D eigenvalue weighted by molar-refractivity contribution is 7.14. The van der Waals surface area contributed by atoms with Crippen molar-refractivity contribution in [2.45, 2.75) is 32.6 Å². The molecular weight excluding hydrogens is 393 g/mol. The molecule has 1 aliphatic rings. The van der Waals surface area contributed by atoms with E-state index < -0.39 is 29.3 Å². The van der Waals surface area contributed by atoms with E-state index in [1.165, 1.54) is 16.9 Å². The topological polar surface area (TPSA) is 77.6 Å². The number of fused-ring (bicyclic) bond motifs is 1. The molecular formula is C17H15F3N6OS. The zero-order valence-electron chi connectivity index (χ0n) is 14.9. The number of carbonyl (C=O) groups excluding carboxylic acids is 1. The van der Waals surface area contributed by atoms with Crippen LogP contribution in [0.1, 0.15) is 33.1 Å². The predicted octanol–water partition coefficient (Wildman–Crippen LogP) is 3.58. The number of alkyl halides is 3. The summed E-state index contributed by atoms with van der Waals surface area (Å²) in [6.07, 6.45) is -0.557. The number of aromatic nitrogens is 5. The lowest BCUT2D eigenvalue weighted by molar-refractivity contribution is -0.0918. The molecule has 4 rings (SSSR count). The predicted molar refractivity (Wildman–Crippen MR) is 96.2 cm³/mol. The molecule has 1 unspecified atom stereocenters. The van der Waals surface area contributed by atoms with Gasteiger partial charge in [0.1, 0.15) is 18.1 Å². The summed E-state index contributed by atoms with van der Waals surface area (Å²) in [5.41, 5.74) is -1.13. The molecule has 0 aromatic carbocycles. The van der Waals surface area contributed by atoms with E-state index in [0.29, 0.717) is 12.1 Å². The van der Waals surface area contributed by atoms with Crippen LogP contribution in [0.3, 0.4) is 0 Å². The Bertz CT molecular complexity index is 1080. The van der Waals surface area contributed by atoms with E-state index in [2.05, 4.69) is 20.5 Å². The van der Waals surface area contributed by atoms with Crippen LogP contribution >= 0.6 is 11.3 Å². The largest absolute Gasteiger partial charge is 0.431 e. The number of anilines is 1. The number of allylic oxidation sites excluding steroid dienone is 2. The summed E-state index contributed by atoms with van der Waals surface area (Å²) in [5.74, 6) is -0.784. The molecule has 146 valence electrons. The van der Waals surface area contributed by atoms with Crippen LogP contribution in [0.4, 0.5) is 19.1 Å². The highest BCUT2D eigenvalue weighted by Gasteiger charge is 2.46. The number of hydrogen-bond donors (Lipinski definition) is 1. The first-order chi connectivity index (χ1) is 13.3. The van der Waals surface area contributed by atoms with Gasteiger partial charge >= 0.3 is 6.18 Å². The lowest BCUT2D eigenvalue weighted by atomic mass is 9.93. The Morgan fingerprint density at radius 3 is 2.71 bits per heavy atom. The number of rotatable bonds is 4. The first kappa shape index (κ1) is 18.4. The summed E-state index contributed by atoms with van der Waals surface area (Å²) in [6, 6.07) is 2.14. The molecule has 1 N–H and O–H groups in total. The van der Waals surface area contributed by atoms with E-state index in [9.17, 15) is 18.0 Å². The Kier molecular flexibility index (Phi) is 4.33. The first-order valence-corrected chi connectivity index (χ1v) is 9.22. The summed E-state index contributed by atoms with van der Waals surface area (Å²) in [4.78, 5) is 18.1. The van der Waals surface area contributed by atoms with Crippen molar-refractivity contribution >= 4 is 23.1 Å². The number of ketones is 1. The van der Waals surface area contributed by atoms with Gasteiger partial charge in [-0.2, -0.15) is 28.4 Å². The standard InChI is InChI=1S/C17H15F3N6OS/c1-3-25-7-10(6-22-25)13-12(14(27)11-5-4-9(2)28-11)15(17(18,19)20)24-16-21-8-23-26(13)16/h4-8,13H,3H2,1-2H3,(H,21,23,24). The normalized spacial score (nSPS) is 16.8. The molecule has 4 heterocycles. The SMILES string of the molecule is CCn1cc(C2C(C(=O)c3ccc(C)s3)=C(C(F)(F)F)Nc3ncnn32)cn1. The van der Waals surface area contributed by atoms with Gasteiger partial charge < -0.3 is 5.32 Å². The fraction of sp³-hybridized carbons (Fsp3) is 0.294. The van der Waals surface area contributed by atoms with Crippen LogP contribution in [0.2, 0.25) is 0 Å². The highest BCUT2D eigenvalue weighted by Crippen LogP contribution is 2.42. The molecule has 28 heavy (non-hydrogen) atoms. The van der Waals surface area contributed by atoms with Gasteiger partial charge in [-0.3, -0.25) is 9.48 Å². The summed E-state index contributed by atoms with van der Waals surface area (Å²) < 4.78 is 44.5. The minimum Gasteiger partial charge on any atom is -0.320 e. The molecule has 0 fully saturated rings. The van der Waals surface area contributed by atoms with Crippen molar-refractivity contribution in [2.24, 2.45) is 0 Å². The summed E-state index contributed by atoms with van der Waals surface area (Å²) in [5, 5.41) is 10.4. The third-order valence-electron chi connectivity index (χ3n) is 4.38. The maximum absolute atomic E-state index is 13.9. The van der Waals surface area contributed by atoms with Gasteiger partial charge in [-0.1, -0.05) is 0 Å². The second kappa shape index (κ2) is 6.59. The summed E-state index contributed by atoms with van der Waals surface area (Å²) in [6.45, 7) is 4.19. The molecule has 0 bridgehead atoms. The van der Waals surface area contributed by atoms with Crippen molar-refractivity contribution in [3.63, 3.8) is 0 Å².